The maximum atomic E-state index is 6.85. The van der Waals surface area contributed by atoms with E-state index in [4.69, 9.17) is 4.42 Å². The van der Waals surface area contributed by atoms with Crippen molar-refractivity contribution in [3.8, 4) is 33.4 Å². The molecule has 0 radical (unpaired) electrons. The van der Waals surface area contributed by atoms with Gasteiger partial charge in [-0.15, -0.1) is 0 Å². The summed E-state index contributed by atoms with van der Waals surface area (Å²) in [4.78, 5) is 7.70. The number of anilines is 8. The molecule has 3 heterocycles. The molecule has 0 aliphatic carbocycles. The zero-order valence-corrected chi connectivity index (χ0v) is 49.1. The zero-order valence-electron chi connectivity index (χ0n) is 49.1. The number of fused-ring (bicyclic) bond motifs is 7. The minimum absolute atomic E-state index is 0.00191. The van der Waals surface area contributed by atoms with Gasteiger partial charge in [-0.2, -0.15) is 0 Å². The minimum Gasteiger partial charge on any atom is -0.456 e. The van der Waals surface area contributed by atoms with E-state index in [0.717, 1.165) is 73.0 Å². The Morgan fingerprint density at radius 2 is 0.864 bits per heavy atom. The highest BCUT2D eigenvalue weighted by molar-refractivity contribution is 6.93. The van der Waals surface area contributed by atoms with Gasteiger partial charge in [-0.25, -0.2) is 0 Å². The van der Waals surface area contributed by atoms with Crippen LogP contribution in [0.2, 0.25) is 0 Å². The number of benzene rings is 10. The van der Waals surface area contributed by atoms with Crippen LogP contribution < -0.4 is 25.5 Å². The Bertz CT molecular complexity index is 4130. The number of para-hydroxylation sites is 1. The van der Waals surface area contributed by atoms with Crippen LogP contribution in [0.1, 0.15) is 105 Å². The van der Waals surface area contributed by atoms with E-state index in [1.54, 1.807) is 0 Å². The van der Waals surface area contributed by atoms with Gasteiger partial charge in [0.25, 0.3) is 0 Å². The van der Waals surface area contributed by atoms with Crippen LogP contribution in [0.3, 0.4) is 0 Å². The van der Waals surface area contributed by atoms with Crippen LogP contribution in [0, 0.1) is 0 Å². The summed E-state index contributed by atoms with van der Waals surface area (Å²) in [6.07, 6.45) is 0. The van der Waals surface area contributed by atoms with Gasteiger partial charge in [0.15, 0.2) is 0 Å². The summed E-state index contributed by atoms with van der Waals surface area (Å²) in [5.41, 5.74) is 25.3. The number of furan rings is 1. The molecule has 5 heteroatoms. The summed E-state index contributed by atoms with van der Waals surface area (Å²) in [7, 11) is 0. The maximum Gasteiger partial charge on any atom is 0.333 e. The van der Waals surface area contributed by atoms with Crippen molar-refractivity contribution in [1.29, 1.82) is 0 Å². The van der Waals surface area contributed by atoms with Gasteiger partial charge in [0.05, 0.1) is 5.69 Å². The maximum absolute atomic E-state index is 6.85. The van der Waals surface area contributed by atoms with Crippen molar-refractivity contribution in [2.75, 3.05) is 14.6 Å². The van der Waals surface area contributed by atoms with Gasteiger partial charge in [-0.05, 0) is 168 Å². The van der Waals surface area contributed by atoms with E-state index < -0.39 is 0 Å². The molecule has 0 unspecified atom stereocenters. The average molecular weight is 1050 g/mol. The number of rotatable bonds is 7. The standard InChI is InChI=1S/C76H72BN3O/c1-73(2,3)52-27-34-56(35-28-52)78(57-36-29-53(30-37-57)74(4,5)6)59-40-42-67-65(46-59)77-72-64(62-47-63-60-25-19-20-26-70(60)81-71(63)48-68(62)80(77)58-38-31-54(32-39-58)75(7,8)9)43-51(49-21-15-13-16-22-49)44-69(72)79(67)66-41-33-55(76(10,11)12)45-61(66)50-23-17-14-18-24-50/h13-48H,1-12H3. The lowest BCUT2D eigenvalue weighted by Crippen LogP contribution is -2.61. The second-order valence-electron chi connectivity index (χ2n) is 26.7. The number of hydrogen-bond acceptors (Lipinski definition) is 4. The first-order chi connectivity index (χ1) is 38.7. The Morgan fingerprint density at radius 3 is 1.46 bits per heavy atom. The minimum atomic E-state index is -0.275. The van der Waals surface area contributed by atoms with Gasteiger partial charge in [-0.1, -0.05) is 204 Å². The molecule has 0 saturated heterocycles. The van der Waals surface area contributed by atoms with Gasteiger partial charge in [0.2, 0.25) is 0 Å². The first-order valence-electron chi connectivity index (χ1n) is 28.9. The van der Waals surface area contributed by atoms with Crippen molar-refractivity contribution in [3.05, 3.63) is 241 Å². The van der Waals surface area contributed by atoms with Crippen molar-refractivity contribution in [2.45, 2.75) is 105 Å². The Balaban J connectivity index is 1.16. The van der Waals surface area contributed by atoms with Crippen LogP contribution in [0.4, 0.5) is 45.5 Å². The van der Waals surface area contributed by atoms with Crippen molar-refractivity contribution >= 4 is 85.2 Å². The van der Waals surface area contributed by atoms with E-state index >= 15 is 0 Å². The van der Waals surface area contributed by atoms with Gasteiger partial charge in [0.1, 0.15) is 11.2 Å². The van der Waals surface area contributed by atoms with Crippen molar-refractivity contribution in [3.63, 3.8) is 0 Å². The number of hydrogen-bond donors (Lipinski definition) is 0. The zero-order chi connectivity index (χ0) is 56.3. The molecule has 0 atom stereocenters. The molecule has 0 spiro atoms. The summed E-state index contributed by atoms with van der Waals surface area (Å²) in [6, 6.07) is 82.5. The van der Waals surface area contributed by atoms with Gasteiger partial charge in [0, 0.05) is 67.8 Å². The fourth-order valence-corrected chi connectivity index (χ4v) is 12.5. The molecule has 13 rings (SSSR count). The van der Waals surface area contributed by atoms with E-state index in [0.29, 0.717) is 0 Å². The predicted octanol–water partition coefficient (Wildman–Crippen LogP) is 20.3. The summed E-state index contributed by atoms with van der Waals surface area (Å²) in [5, 5.41) is 2.22. The smallest absolute Gasteiger partial charge is 0.333 e. The first kappa shape index (κ1) is 51.9. The molecule has 11 aromatic rings. The fraction of sp³-hybridized carbons (Fsp3) is 0.211. The molecule has 0 saturated carbocycles. The van der Waals surface area contributed by atoms with Gasteiger partial charge in [-0.3, -0.25) is 0 Å². The second-order valence-corrected chi connectivity index (χ2v) is 26.7. The Labute approximate surface area is 480 Å². The molecular formula is C76H72BN3O. The Kier molecular flexibility index (Phi) is 12.2. The van der Waals surface area contributed by atoms with Crippen LogP contribution >= 0.6 is 0 Å². The van der Waals surface area contributed by atoms with Gasteiger partial charge < -0.3 is 19.0 Å². The molecule has 0 amide bonds. The van der Waals surface area contributed by atoms with Crippen LogP contribution in [-0.4, -0.2) is 6.85 Å². The third-order valence-electron chi connectivity index (χ3n) is 17.1. The van der Waals surface area contributed by atoms with Crippen LogP contribution in [0.25, 0.3) is 55.3 Å². The lowest BCUT2D eigenvalue weighted by Gasteiger charge is -2.46. The van der Waals surface area contributed by atoms with E-state index in [1.165, 1.54) is 61.0 Å². The fourth-order valence-electron chi connectivity index (χ4n) is 12.5. The Morgan fingerprint density at radius 1 is 0.346 bits per heavy atom. The molecule has 0 fully saturated rings. The molecular weight excluding hydrogens is 982 g/mol. The molecule has 0 bridgehead atoms. The van der Waals surface area contributed by atoms with E-state index in [1.807, 2.05) is 0 Å². The third kappa shape index (κ3) is 9.12. The van der Waals surface area contributed by atoms with Crippen LogP contribution in [-0.2, 0) is 21.7 Å². The average Bonchev–Trinajstić information content (AvgIpc) is 4.00. The van der Waals surface area contributed by atoms with E-state index in [9.17, 15) is 0 Å². The summed E-state index contributed by atoms with van der Waals surface area (Å²) in [5.74, 6) is 0. The normalized spacial score (nSPS) is 13.4. The molecule has 1 aromatic heterocycles. The van der Waals surface area contributed by atoms with E-state index in [2.05, 4.69) is 316 Å². The number of nitrogens with zero attached hydrogens (tertiary/aromatic N) is 3. The van der Waals surface area contributed by atoms with Crippen LogP contribution in [0.15, 0.2) is 223 Å². The lowest BCUT2D eigenvalue weighted by molar-refractivity contribution is 0.590. The molecule has 81 heavy (non-hydrogen) atoms. The molecule has 2 aliphatic heterocycles. The largest absolute Gasteiger partial charge is 0.456 e. The quantitative estimate of drug-likeness (QED) is 0.148. The molecule has 4 nitrogen and oxygen atoms in total. The van der Waals surface area contributed by atoms with Crippen molar-refractivity contribution in [1.82, 2.24) is 0 Å². The van der Waals surface area contributed by atoms with Crippen molar-refractivity contribution < 1.29 is 4.42 Å². The van der Waals surface area contributed by atoms with Gasteiger partial charge >= 0.3 is 6.85 Å². The topological polar surface area (TPSA) is 22.9 Å². The van der Waals surface area contributed by atoms with Crippen LogP contribution in [0.5, 0.6) is 0 Å². The SMILES string of the molecule is CC(C)(C)c1ccc(N2B3c4cc(N(c5ccc(C(C)(C)C)cc5)c5ccc(C(C)(C)C)cc5)ccc4N(c4ccc(C(C)(C)C)cc4-c4ccccc4)c4cc(-c5ccccc5)cc(c43)-c3cc4c(cc32)oc2ccccc24)cc1. The van der Waals surface area contributed by atoms with E-state index in [-0.39, 0.29) is 28.5 Å². The highest BCUT2D eigenvalue weighted by Crippen LogP contribution is 2.52. The monoisotopic (exact) mass is 1050 g/mol. The first-order valence-corrected chi connectivity index (χ1v) is 28.9. The summed E-state index contributed by atoms with van der Waals surface area (Å²) in [6.45, 7) is 27.3. The summed E-state index contributed by atoms with van der Waals surface area (Å²) >= 11 is 0. The lowest BCUT2D eigenvalue weighted by atomic mass is 9.43. The highest BCUT2D eigenvalue weighted by atomic mass is 16.3. The Hall–Kier alpha value is -8.54. The third-order valence-corrected chi connectivity index (χ3v) is 17.1. The molecule has 10 aromatic carbocycles. The summed E-state index contributed by atoms with van der Waals surface area (Å²) < 4.78 is 6.85. The predicted molar refractivity (Wildman–Crippen MR) is 348 cm³/mol. The molecule has 2 aliphatic rings. The van der Waals surface area contributed by atoms with Crippen molar-refractivity contribution in [2.24, 2.45) is 0 Å². The second kappa shape index (κ2) is 19.1. The molecule has 0 N–H and O–H groups in total. The molecule has 400 valence electrons. The highest BCUT2D eigenvalue weighted by Gasteiger charge is 2.46.